The minimum atomic E-state index is -4.47. The molecule has 1 amide bonds. The third-order valence-corrected chi connectivity index (χ3v) is 6.45. The molecule has 1 aromatic carbocycles. The Kier molecular flexibility index (Phi) is 6.18. The van der Waals surface area contributed by atoms with Crippen LogP contribution in [0.3, 0.4) is 0 Å². The van der Waals surface area contributed by atoms with Gasteiger partial charge in [0.2, 0.25) is 0 Å². The quantitative estimate of drug-likeness (QED) is 0.606. The normalized spacial score (nSPS) is 19.2. The molecule has 0 aliphatic carbocycles. The lowest BCUT2D eigenvalue weighted by atomic mass is 9.90. The van der Waals surface area contributed by atoms with Crippen LogP contribution in [-0.4, -0.2) is 49.9 Å². The van der Waals surface area contributed by atoms with E-state index in [1.165, 1.54) is 4.80 Å². The highest BCUT2D eigenvalue weighted by Gasteiger charge is 2.35. The van der Waals surface area contributed by atoms with E-state index in [9.17, 15) is 18.0 Å². The van der Waals surface area contributed by atoms with Crippen molar-refractivity contribution in [2.45, 2.75) is 38.9 Å². The van der Waals surface area contributed by atoms with Crippen LogP contribution in [-0.2, 0) is 6.18 Å². The van der Waals surface area contributed by atoms with Gasteiger partial charge in [-0.2, -0.15) is 28.2 Å². The Hall–Kier alpha value is -2.95. The number of benzene rings is 1. The van der Waals surface area contributed by atoms with Crippen molar-refractivity contribution in [1.82, 2.24) is 24.9 Å². The maximum atomic E-state index is 13.6. The van der Waals surface area contributed by atoms with E-state index in [2.05, 4.69) is 27.4 Å². The molecule has 1 N–H and O–H groups in total. The topological polar surface area (TPSA) is 75.9 Å². The maximum absolute atomic E-state index is 13.6. The van der Waals surface area contributed by atoms with Gasteiger partial charge in [0, 0.05) is 18.5 Å². The number of likely N-dealkylation sites (tertiary alicyclic amines) is 1. The number of hydrogen-bond donors (Lipinski definition) is 1. The van der Waals surface area contributed by atoms with Gasteiger partial charge in [0.25, 0.3) is 5.91 Å². The average Bonchev–Trinajstić information content (AvgIpc) is 3.44. The van der Waals surface area contributed by atoms with E-state index in [4.69, 9.17) is 0 Å². The number of carbonyl (C=O) groups excluding carboxylic acids is 1. The largest absolute Gasteiger partial charge is 0.434 e. The number of nitrogens with zero attached hydrogens (tertiary/aromatic N) is 5. The Labute approximate surface area is 187 Å². The van der Waals surface area contributed by atoms with Gasteiger partial charge in [-0.25, -0.2) is 4.98 Å². The highest BCUT2D eigenvalue weighted by Crippen LogP contribution is 2.32. The molecule has 2 aromatic heterocycles. The van der Waals surface area contributed by atoms with Gasteiger partial charge in [-0.1, -0.05) is 18.6 Å². The number of piperidine rings is 1. The van der Waals surface area contributed by atoms with Gasteiger partial charge in [-0.3, -0.25) is 4.79 Å². The molecule has 4 rings (SSSR count). The first kappa shape index (κ1) is 22.3. The predicted octanol–water partition coefficient (Wildman–Crippen LogP) is 4.40. The van der Waals surface area contributed by atoms with Crippen LogP contribution in [0.2, 0.25) is 0 Å². The van der Waals surface area contributed by atoms with Crippen molar-refractivity contribution >= 4 is 22.4 Å². The molecule has 0 spiro atoms. The first-order valence-corrected chi connectivity index (χ1v) is 11.2. The molecule has 1 fully saturated rings. The van der Waals surface area contributed by atoms with Crippen LogP contribution in [0.5, 0.6) is 0 Å². The summed E-state index contributed by atoms with van der Waals surface area (Å²) in [5.74, 6) is 0.0350. The van der Waals surface area contributed by atoms with E-state index in [0.717, 1.165) is 35.1 Å². The van der Waals surface area contributed by atoms with Gasteiger partial charge >= 0.3 is 6.18 Å². The number of aryl methyl sites for hydroxylation is 1. The Balaban J connectivity index is 1.57. The zero-order valence-corrected chi connectivity index (χ0v) is 18.5. The van der Waals surface area contributed by atoms with Crippen LogP contribution in [0.4, 0.5) is 18.3 Å². The molecule has 3 heterocycles. The maximum Gasteiger partial charge on any atom is 0.434 e. The van der Waals surface area contributed by atoms with Gasteiger partial charge < -0.3 is 10.2 Å². The van der Waals surface area contributed by atoms with Gasteiger partial charge in [-0.05, 0) is 37.8 Å². The van der Waals surface area contributed by atoms with Crippen LogP contribution in [0, 0.1) is 12.8 Å². The molecule has 0 bridgehead atoms. The van der Waals surface area contributed by atoms with E-state index < -0.39 is 11.9 Å². The van der Waals surface area contributed by atoms with Crippen molar-refractivity contribution in [2.24, 2.45) is 5.92 Å². The molecule has 2 atom stereocenters. The minimum absolute atomic E-state index is 0.144. The lowest BCUT2D eigenvalue weighted by molar-refractivity contribution is -0.140. The molecule has 170 valence electrons. The average molecular weight is 465 g/mol. The number of anilines is 1. The first-order chi connectivity index (χ1) is 15.2. The molecule has 1 aliphatic heterocycles. The summed E-state index contributed by atoms with van der Waals surface area (Å²) in [5, 5.41) is 12.5. The third-order valence-electron chi connectivity index (χ3n) is 5.65. The lowest BCUT2D eigenvalue weighted by Crippen LogP contribution is -2.51. The van der Waals surface area contributed by atoms with E-state index in [-0.39, 0.29) is 23.0 Å². The van der Waals surface area contributed by atoms with E-state index in [0.29, 0.717) is 24.3 Å². The Morgan fingerprint density at radius 2 is 2.03 bits per heavy atom. The van der Waals surface area contributed by atoms with Gasteiger partial charge in [-0.15, -0.1) is 11.3 Å². The fraction of sp³-hybridized carbons (Fsp3) is 0.429. The molecular formula is C21H23F3N6OS. The number of rotatable bonds is 5. The van der Waals surface area contributed by atoms with Crippen molar-refractivity contribution in [3.63, 3.8) is 0 Å². The summed E-state index contributed by atoms with van der Waals surface area (Å²) in [4.78, 5) is 20.5. The molecule has 0 radical (unpaired) electrons. The Bertz CT molecular complexity index is 1080. The van der Waals surface area contributed by atoms with Crippen LogP contribution < -0.4 is 5.32 Å². The number of aromatic nitrogens is 4. The summed E-state index contributed by atoms with van der Waals surface area (Å²) in [6.45, 7) is 4.86. The number of halogens is 3. The summed E-state index contributed by atoms with van der Waals surface area (Å²) in [7, 11) is 0. The molecular weight excluding hydrogens is 441 g/mol. The smallest absolute Gasteiger partial charge is 0.359 e. The molecule has 0 unspecified atom stereocenters. The Morgan fingerprint density at radius 1 is 1.28 bits per heavy atom. The van der Waals surface area contributed by atoms with Crippen molar-refractivity contribution < 1.29 is 18.0 Å². The van der Waals surface area contributed by atoms with E-state index in [1.54, 1.807) is 17.3 Å². The first-order valence-electron chi connectivity index (χ1n) is 10.3. The number of alkyl halides is 3. The van der Waals surface area contributed by atoms with Crippen molar-refractivity contribution in [2.75, 3.05) is 18.4 Å². The summed E-state index contributed by atoms with van der Waals surface area (Å²) < 4.78 is 38.6. The van der Waals surface area contributed by atoms with Crippen LogP contribution in [0.25, 0.3) is 5.69 Å². The summed E-state index contributed by atoms with van der Waals surface area (Å²) in [6, 6.07) is 5.35. The van der Waals surface area contributed by atoms with Gasteiger partial charge in [0.15, 0.2) is 10.8 Å². The van der Waals surface area contributed by atoms with E-state index >= 15 is 0 Å². The molecule has 1 saturated heterocycles. The predicted molar refractivity (Wildman–Crippen MR) is 115 cm³/mol. The number of thiazole rings is 1. The van der Waals surface area contributed by atoms with Crippen LogP contribution >= 0.6 is 11.3 Å². The summed E-state index contributed by atoms with van der Waals surface area (Å²) in [6.07, 6.45) is 0.419. The Morgan fingerprint density at radius 3 is 2.72 bits per heavy atom. The molecule has 0 saturated carbocycles. The van der Waals surface area contributed by atoms with Crippen molar-refractivity contribution in [3.8, 4) is 5.69 Å². The monoisotopic (exact) mass is 464 g/mol. The van der Waals surface area contributed by atoms with E-state index in [1.807, 2.05) is 25.1 Å². The van der Waals surface area contributed by atoms with Crippen LogP contribution in [0.1, 0.15) is 41.4 Å². The molecule has 32 heavy (non-hydrogen) atoms. The second-order valence-electron chi connectivity index (χ2n) is 7.94. The van der Waals surface area contributed by atoms with Crippen molar-refractivity contribution in [1.29, 1.82) is 0 Å². The molecule has 1 aliphatic rings. The fourth-order valence-electron chi connectivity index (χ4n) is 3.98. The molecule has 7 nitrogen and oxygen atoms in total. The number of amides is 1. The fourth-order valence-corrected chi connectivity index (χ4v) is 4.71. The highest BCUT2D eigenvalue weighted by molar-refractivity contribution is 7.13. The van der Waals surface area contributed by atoms with Crippen molar-refractivity contribution in [3.05, 3.63) is 52.8 Å². The summed E-state index contributed by atoms with van der Waals surface area (Å²) >= 11 is 0.909. The number of nitrogens with one attached hydrogen (secondary N) is 1. The third kappa shape index (κ3) is 4.62. The number of carbonyl (C=O) groups is 1. The van der Waals surface area contributed by atoms with Crippen LogP contribution in [0.15, 0.2) is 36.0 Å². The second-order valence-corrected chi connectivity index (χ2v) is 8.80. The zero-order chi connectivity index (χ0) is 22.9. The molecule has 11 heteroatoms. The summed E-state index contributed by atoms with van der Waals surface area (Å²) in [5.41, 5.74) is 1.11. The SMILES string of the molecule is Cc1ccc(-n2nccn2)c(C(=O)N2CCC[C@@H](C)[C@H]2CNc2nc(C(F)(F)F)cs2)c1. The van der Waals surface area contributed by atoms with Gasteiger partial charge in [0.1, 0.15) is 0 Å². The second kappa shape index (κ2) is 8.89. The van der Waals surface area contributed by atoms with Gasteiger partial charge in [0.05, 0.1) is 29.7 Å². The zero-order valence-electron chi connectivity index (χ0n) is 17.6. The highest BCUT2D eigenvalue weighted by atomic mass is 32.1. The standard InChI is InChI=1S/C21H23F3N6OS/c1-13-5-6-16(30-26-7-8-27-30)15(10-13)19(31)29-9-3-4-14(2)17(29)11-25-20-28-18(12-32-20)21(22,23)24/h5-8,10,12,14,17H,3-4,9,11H2,1-2H3,(H,25,28)/t14-,17-/m1/s1. The minimum Gasteiger partial charge on any atom is -0.359 e. The molecule has 3 aromatic rings. The number of hydrogen-bond acceptors (Lipinski definition) is 6. The lowest BCUT2D eigenvalue weighted by Gasteiger charge is -2.40.